The normalized spacial score (nSPS) is 8.86. The van der Waals surface area contributed by atoms with E-state index in [1.807, 2.05) is 0 Å². The van der Waals surface area contributed by atoms with Gasteiger partial charge in [0.15, 0.2) is 0 Å². The van der Waals surface area contributed by atoms with Gasteiger partial charge in [0.05, 0.1) is 0 Å². The lowest BCUT2D eigenvalue weighted by molar-refractivity contribution is -0.138. The van der Waals surface area contributed by atoms with Crippen molar-refractivity contribution in [1.82, 2.24) is 18.5 Å². The van der Waals surface area contributed by atoms with E-state index in [9.17, 15) is 9.59 Å². The highest BCUT2D eigenvalue weighted by Gasteiger charge is 1.98. The van der Waals surface area contributed by atoms with Gasteiger partial charge in [0.2, 0.25) is 0 Å². The first-order valence-electron chi connectivity index (χ1n) is 5.26. The lowest BCUT2D eigenvalue weighted by Crippen LogP contribution is -1.95. The van der Waals surface area contributed by atoms with Gasteiger partial charge in [-0.2, -0.15) is 8.42 Å². The number of aliphatic carboxylic acids is 2. The van der Waals surface area contributed by atoms with E-state index in [1.165, 1.54) is 0 Å². The number of hydrogen-bond donors (Lipinski definition) is 7. The van der Waals surface area contributed by atoms with E-state index in [-0.39, 0.29) is 31.3 Å². The van der Waals surface area contributed by atoms with Gasteiger partial charge in [-0.3, -0.25) is 18.7 Å². The maximum absolute atomic E-state index is 10.1. The lowest BCUT2D eigenvalue weighted by atomic mass is 10.1. The molecule has 0 amide bonds. The molecule has 11 nitrogen and oxygen atoms in total. The molecule has 12 heteroatoms. The van der Waals surface area contributed by atoms with Gasteiger partial charge < -0.3 is 28.7 Å². The zero-order chi connectivity index (χ0) is 14.6. The fraction of sp³-hybridized carbons (Fsp3) is 0.778. The second-order valence-corrected chi connectivity index (χ2v) is 4.40. The number of carbonyl (C=O) groups is 2. The first kappa shape index (κ1) is 31.9. The summed E-state index contributed by atoms with van der Waals surface area (Å²) < 4.78 is 31.6. The summed E-state index contributed by atoms with van der Waals surface area (Å²) in [5, 5.41) is 16.6. The quantitative estimate of drug-likeness (QED) is 0.247. The van der Waals surface area contributed by atoms with Gasteiger partial charge in [0, 0.05) is 12.8 Å². The van der Waals surface area contributed by atoms with Crippen LogP contribution < -0.4 is 18.5 Å². The van der Waals surface area contributed by atoms with E-state index in [0.717, 1.165) is 19.3 Å². The minimum atomic E-state index is -4.67. The predicted molar refractivity (Wildman–Crippen MR) is 76.8 cm³/mol. The zero-order valence-corrected chi connectivity index (χ0v) is 12.7. The minimum absolute atomic E-state index is 0. The van der Waals surface area contributed by atoms with Gasteiger partial charge in [0.25, 0.3) is 0 Å². The Morgan fingerprint density at radius 1 is 0.667 bits per heavy atom. The minimum Gasteiger partial charge on any atom is -0.481 e. The van der Waals surface area contributed by atoms with Crippen molar-refractivity contribution in [3.63, 3.8) is 0 Å². The molecular formula is C9H27N3O8S. The molecule has 0 saturated carbocycles. The van der Waals surface area contributed by atoms with Crippen LogP contribution in [0, 0.1) is 0 Å². The molecule has 0 aliphatic carbocycles. The second kappa shape index (κ2) is 18.7. The van der Waals surface area contributed by atoms with Gasteiger partial charge in [-0.25, -0.2) is 0 Å². The molecule has 21 heavy (non-hydrogen) atoms. The van der Waals surface area contributed by atoms with Crippen LogP contribution in [0.25, 0.3) is 0 Å². The van der Waals surface area contributed by atoms with Crippen LogP contribution in [0.5, 0.6) is 0 Å². The average molecular weight is 337 g/mol. The number of rotatable bonds is 8. The molecule has 0 aliphatic heterocycles. The first-order valence-corrected chi connectivity index (χ1v) is 6.66. The van der Waals surface area contributed by atoms with Crippen molar-refractivity contribution >= 4 is 22.3 Å². The third-order valence-electron chi connectivity index (χ3n) is 1.78. The summed E-state index contributed by atoms with van der Waals surface area (Å²) in [4.78, 5) is 20.2. The highest BCUT2D eigenvalue weighted by Crippen LogP contribution is 2.06. The van der Waals surface area contributed by atoms with Crippen molar-refractivity contribution in [1.29, 1.82) is 0 Å². The maximum Gasteiger partial charge on any atom is 0.394 e. The fourth-order valence-corrected chi connectivity index (χ4v) is 1.08. The largest absolute Gasteiger partial charge is 0.481 e. The van der Waals surface area contributed by atoms with Crippen molar-refractivity contribution < 1.29 is 37.3 Å². The molecule has 0 saturated heterocycles. The van der Waals surface area contributed by atoms with Crippen LogP contribution in [0.15, 0.2) is 0 Å². The molecule has 0 aromatic rings. The monoisotopic (exact) mass is 337 g/mol. The Bertz CT molecular complexity index is 321. The highest BCUT2D eigenvalue weighted by molar-refractivity contribution is 7.79. The summed E-state index contributed by atoms with van der Waals surface area (Å²) in [5.74, 6) is -1.52. The first-order chi connectivity index (χ1) is 8.13. The van der Waals surface area contributed by atoms with E-state index in [4.69, 9.17) is 27.7 Å². The summed E-state index contributed by atoms with van der Waals surface area (Å²) in [6, 6.07) is 0. The molecule has 0 rings (SSSR count). The van der Waals surface area contributed by atoms with Crippen molar-refractivity contribution in [2.75, 3.05) is 0 Å². The molecule has 0 bridgehead atoms. The van der Waals surface area contributed by atoms with Crippen molar-refractivity contribution in [2.24, 2.45) is 0 Å². The van der Waals surface area contributed by atoms with Crippen molar-refractivity contribution in [3.8, 4) is 0 Å². The predicted octanol–water partition coefficient (Wildman–Crippen LogP) is 1.72. The number of unbranched alkanes of at least 4 members (excludes halogenated alkanes) is 4. The van der Waals surface area contributed by atoms with Crippen LogP contribution in [-0.4, -0.2) is 39.7 Å². The molecule has 0 spiro atoms. The van der Waals surface area contributed by atoms with Crippen molar-refractivity contribution in [2.45, 2.75) is 44.9 Å². The highest BCUT2D eigenvalue weighted by atomic mass is 32.3. The van der Waals surface area contributed by atoms with E-state index < -0.39 is 22.3 Å². The Kier molecular flexibility index (Phi) is 28.4. The van der Waals surface area contributed by atoms with Crippen LogP contribution in [0.3, 0.4) is 0 Å². The molecule has 0 heterocycles. The smallest absolute Gasteiger partial charge is 0.394 e. The van der Waals surface area contributed by atoms with Crippen LogP contribution >= 0.6 is 0 Å². The van der Waals surface area contributed by atoms with Gasteiger partial charge in [-0.15, -0.1) is 0 Å². The molecule has 0 atom stereocenters. The zero-order valence-electron chi connectivity index (χ0n) is 11.9. The maximum atomic E-state index is 10.1. The Balaban J connectivity index is -0.0000000933. The van der Waals surface area contributed by atoms with Crippen LogP contribution in [-0.2, 0) is 20.0 Å². The van der Waals surface area contributed by atoms with Gasteiger partial charge in [0.1, 0.15) is 0 Å². The summed E-state index contributed by atoms with van der Waals surface area (Å²) in [6.07, 6.45) is 4.53. The van der Waals surface area contributed by atoms with E-state index in [0.29, 0.717) is 12.8 Å². The Hall–Kier alpha value is -1.31. The van der Waals surface area contributed by atoms with Crippen molar-refractivity contribution in [3.05, 3.63) is 0 Å². The van der Waals surface area contributed by atoms with E-state index in [2.05, 4.69) is 0 Å². The Morgan fingerprint density at radius 2 is 0.857 bits per heavy atom. The van der Waals surface area contributed by atoms with E-state index in [1.54, 1.807) is 0 Å². The molecule has 132 valence electrons. The fourth-order valence-electron chi connectivity index (χ4n) is 1.08. The average Bonchev–Trinajstić information content (AvgIpc) is 2.12. The number of carboxylic acid groups (broad SMARTS) is 2. The lowest BCUT2D eigenvalue weighted by Gasteiger charge is -1.97. The molecule has 0 radical (unpaired) electrons. The Labute approximate surface area is 124 Å². The van der Waals surface area contributed by atoms with Gasteiger partial charge >= 0.3 is 22.3 Å². The Morgan fingerprint density at radius 3 is 1.05 bits per heavy atom. The molecule has 13 N–H and O–H groups in total. The second-order valence-electron chi connectivity index (χ2n) is 3.50. The molecule has 0 aromatic carbocycles. The third kappa shape index (κ3) is 68.9. The van der Waals surface area contributed by atoms with E-state index >= 15 is 0 Å². The summed E-state index contributed by atoms with van der Waals surface area (Å²) in [5.41, 5.74) is 0. The molecule has 0 aliphatic rings. The summed E-state index contributed by atoms with van der Waals surface area (Å²) >= 11 is 0. The third-order valence-corrected chi connectivity index (χ3v) is 1.78. The summed E-state index contributed by atoms with van der Waals surface area (Å²) in [6.45, 7) is 0. The number of hydrogen-bond acceptors (Lipinski definition) is 7. The number of carboxylic acids is 2. The standard InChI is InChI=1S/C9H16O4.3H3N.H2O4S/c10-8(11)6-4-2-1-3-5-7-9(12)13;;;;1-5(2,3)4/h1-7H2,(H,10,11)(H,12,13);3*1H3;(H2,1,2,3,4). The molecule has 0 fully saturated rings. The molecular weight excluding hydrogens is 310 g/mol. The van der Waals surface area contributed by atoms with Crippen LogP contribution in [0.2, 0.25) is 0 Å². The molecule has 0 unspecified atom stereocenters. The molecule has 0 aromatic heterocycles. The van der Waals surface area contributed by atoms with Gasteiger partial charge in [-0.05, 0) is 12.8 Å². The SMILES string of the molecule is N.N.N.O=C(O)CCCCCCCC(=O)O.O=S(=O)(O)O. The van der Waals surface area contributed by atoms with Crippen LogP contribution in [0.4, 0.5) is 0 Å². The topological polar surface area (TPSA) is 254 Å². The summed E-state index contributed by atoms with van der Waals surface area (Å²) in [7, 11) is -4.67. The van der Waals surface area contributed by atoms with Gasteiger partial charge in [-0.1, -0.05) is 19.3 Å². The van der Waals surface area contributed by atoms with Crippen LogP contribution in [0.1, 0.15) is 44.9 Å².